The Morgan fingerprint density at radius 2 is 1.42 bits per heavy atom. The van der Waals surface area contributed by atoms with Crippen molar-refractivity contribution in [2.24, 2.45) is 0 Å². The van der Waals surface area contributed by atoms with Gasteiger partial charge in [-0.05, 0) is 48.7 Å². The fourth-order valence-electron chi connectivity index (χ4n) is 4.62. The van der Waals surface area contributed by atoms with Crippen LogP contribution in [0, 0.1) is 6.92 Å². The number of hydrogen-bond acceptors (Lipinski definition) is 3. The van der Waals surface area contributed by atoms with Crippen molar-refractivity contribution in [2.75, 3.05) is 37.6 Å². The molecule has 0 saturated carbocycles. The second-order valence-corrected chi connectivity index (χ2v) is 8.25. The van der Waals surface area contributed by atoms with Gasteiger partial charge in [0, 0.05) is 37.8 Å². The quantitative estimate of drug-likeness (QED) is 0.588. The fraction of sp³-hybridized carbons (Fsp3) is 0.296. The Bertz CT molecular complexity index is 957. The molecule has 1 saturated heterocycles. The van der Waals surface area contributed by atoms with Crippen molar-refractivity contribution < 1.29 is 9.90 Å². The molecule has 160 valence electrons. The van der Waals surface area contributed by atoms with Gasteiger partial charge in [-0.15, -0.1) is 0 Å². The second-order valence-electron chi connectivity index (χ2n) is 8.25. The predicted octanol–water partition coefficient (Wildman–Crippen LogP) is 5.04. The van der Waals surface area contributed by atoms with Gasteiger partial charge in [0.1, 0.15) is 0 Å². The molecule has 0 bridgehead atoms. The molecule has 4 heteroatoms. The molecule has 0 unspecified atom stereocenters. The van der Waals surface area contributed by atoms with Crippen molar-refractivity contribution >= 4 is 11.7 Å². The lowest BCUT2D eigenvalue weighted by atomic mass is 9.88. The van der Waals surface area contributed by atoms with Crippen molar-refractivity contribution in [3.05, 3.63) is 101 Å². The molecule has 4 rings (SSSR count). The van der Waals surface area contributed by atoms with Crippen LogP contribution in [0.3, 0.4) is 0 Å². The summed E-state index contributed by atoms with van der Waals surface area (Å²) in [5.74, 6) is -0.458. The van der Waals surface area contributed by atoms with Crippen LogP contribution in [0.1, 0.15) is 39.4 Å². The Morgan fingerprint density at radius 1 is 0.839 bits per heavy atom. The highest BCUT2D eigenvalue weighted by atomic mass is 16.4. The minimum Gasteiger partial charge on any atom is -0.478 e. The molecular weight excluding hydrogens is 384 g/mol. The van der Waals surface area contributed by atoms with Crippen LogP contribution in [-0.2, 0) is 0 Å². The molecule has 0 atom stereocenters. The number of anilines is 1. The van der Waals surface area contributed by atoms with Gasteiger partial charge in [0.15, 0.2) is 0 Å². The highest BCUT2D eigenvalue weighted by molar-refractivity contribution is 5.91. The van der Waals surface area contributed by atoms with Crippen LogP contribution in [0.2, 0.25) is 0 Å². The number of rotatable bonds is 7. The van der Waals surface area contributed by atoms with Gasteiger partial charge >= 0.3 is 5.97 Å². The van der Waals surface area contributed by atoms with Crippen LogP contribution < -0.4 is 4.90 Å². The van der Waals surface area contributed by atoms with Crippen LogP contribution in [0.15, 0.2) is 78.9 Å². The number of benzene rings is 3. The average Bonchev–Trinajstić information content (AvgIpc) is 2.81. The maximum Gasteiger partial charge on any atom is 0.336 e. The summed E-state index contributed by atoms with van der Waals surface area (Å²) in [4.78, 5) is 16.3. The summed E-state index contributed by atoms with van der Waals surface area (Å²) in [6.07, 6.45) is 1.08. The van der Waals surface area contributed by atoms with Crippen LogP contribution in [-0.4, -0.2) is 48.7 Å². The molecular formula is C27H30N2O2. The van der Waals surface area contributed by atoms with Crippen molar-refractivity contribution in [2.45, 2.75) is 19.3 Å². The van der Waals surface area contributed by atoms with E-state index in [0.717, 1.165) is 50.4 Å². The van der Waals surface area contributed by atoms with Gasteiger partial charge < -0.3 is 10.0 Å². The van der Waals surface area contributed by atoms with E-state index in [1.165, 1.54) is 11.1 Å². The van der Waals surface area contributed by atoms with Gasteiger partial charge in [-0.1, -0.05) is 66.7 Å². The average molecular weight is 415 g/mol. The second kappa shape index (κ2) is 9.80. The van der Waals surface area contributed by atoms with E-state index in [-0.39, 0.29) is 0 Å². The van der Waals surface area contributed by atoms with Gasteiger partial charge in [0.05, 0.1) is 5.56 Å². The molecule has 0 spiro atoms. The van der Waals surface area contributed by atoms with E-state index in [2.05, 4.69) is 70.5 Å². The number of aromatic carboxylic acids is 1. The summed E-state index contributed by atoms with van der Waals surface area (Å²) in [6, 6.07) is 27.1. The molecule has 0 aromatic heterocycles. The first-order chi connectivity index (χ1) is 15.1. The standard InChI is InChI=1S/C27H30N2O2/c1-21-24(27(30)31)13-8-14-26(21)29-19-17-28(18-20-29)16-15-25(22-9-4-2-5-10-22)23-11-6-3-7-12-23/h2-14,25H,15-20H2,1H3,(H,30,31). The minimum absolute atomic E-state index is 0.397. The predicted molar refractivity (Wildman–Crippen MR) is 126 cm³/mol. The molecule has 1 aliphatic heterocycles. The van der Waals surface area contributed by atoms with E-state index in [1.54, 1.807) is 6.07 Å². The normalized spacial score (nSPS) is 14.7. The van der Waals surface area contributed by atoms with Crippen molar-refractivity contribution in [3.63, 3.8) is 0 Å². The topological polar surface area (TPSA) is 43.8 Å². The Kier molecular flexibility index (Phi) is 6.68. The van der Waals surface area contributed by atoms with Crippen LogP contribution in [0.25, 0.3) is 0 Å². The molecule has 0 amide bonds. The van der Waals surface area contributed by atoms with Gasteiger partial charge in [-0.3, -0.25) is 4.90 Å². The van der Waals surface area contributed by atoms with E-state index < -0.39 is 5.97 Å². The number of carboxylic acid groups (broad SMARTS) is 1. The number of carboxylic acids is 1. The Hall–Kier alpha value is -3.11. The first-order valence-corrected chi connectivity index (χ1v) is 11.0. The third kappa shape index (κ3) is 4.97. The molecule has 0 aliphatic carbocycles. The lowest BCUT2D eigenvalue weighted by Crippen LogP contribution is -2.47. The van der Waals surface area contributed by atoms with Gasteiger partial charge in [-0.25, -0.2) is 4.79 Å². The molecule has 3 aromatic carbocycles. The van der Waals surface area contributed by atoms with E-state index >= 15 is 0 Å². The summed E-state index contributed by atoms with van der Waals surface area (Å²) in [7, 11) is 0. The molecule has 1 fully saturated rings. The molecule has 0 radical (unpaired) electrons. The lowest BCUT2D eigenvalue weighted by molar-refractivity contribution is 0.0696. The molecule has 3 aromatic rings. The minimum atomic E-state index is -0.856. The smallest absolute Gasteiger partial charge is 0.336 e. The van der Waals surface area contributed by atoms with E-state index in [1.807, 2.05) is 19.1 Å². The van der Waals surface area contributed by atoms with Crippen LogP contribution in [0.4, 0.5) is 5.69 Å². The summed E-state index contributed by atoms with van der Waals surface area (Å²) in [6.45, 7) is 6.79. The highest BCUT2D eigenvalue weighted by Gasteiger charge is 2.22. The van der Waals surface area contributed by atoms with Gasteiger partial charge in [0.2, 0.25) is 0 Å². The summed E-state index contributed by atoms with van der Waals surface area (Å²) < 4.78 is 0. The molecule has 1 aliphatic rings. The SMILES string of the molecule is Cc1c(C(=O)O)cccc1N1CCN(CCC(c2ccccc2)c2ccccc2)CC1. The fourth-order valence-corrected chi connectivity index (χ4v) is 4.62. The third-order valence-corrected chi connectivity index (χ3v) is 6.39. The summed E-state index contributed by atoms with van der Waals surface area (Å²) in [5.41, 5.74) is 5.04. The molecule has 4 nitrogen and oxygen atoms in total. The van der Waals surface area contributed by atoms with Gasteiger partial charge in [0.25, 0.3) is 0 Å². The maximum atomic E-state index is 11.5. The van der Waals surface area contributed by atoms with Crippen molar-refractivity contribution in [3.8, 4) is 0 Å². The number of carbonyl (C=O) groups is 1. The zero-order valence-electron chi connectivity index (χ0n) is 18.1. The van der Waals surface area contributed by atoms with Crippen molar-refractivity contribution in [1.82, 2.24) is 4.90 Å². The first-order valence-electron chi connectivity index (χ1n) is 11.0. The van der Waals surface area contributed by atoms with E-state index in [0.29, 0.717) is 11.5 Å². The zero-order chi connectivity index (χ0) is 21.6. The van der Waals surface area contributed by atoms with Crippen LogP contribution >= 0.6 is 0 Å². The molecule has 31 heavy (non-hydrogen) atoms. The zero-order valence-corrected chi connectivity index (χ0v) is 18.1. The Labute approximate surface area is 184 Å². The van der Waals surface area contributed by atoms with Gasteiger partial charge in [-0.2, -0.15) is 0 Å². The highest BCUT2D eigenvalue weighted by Crippen LogP contribution is 2.29. The van der Waals surface area contributed by atoms with Crippen molar-refractivity contribution in [1.29, 1.82) is 0 Å². The lowest BCUT2D eigenvalue weighted by Gasteiger charge is -2.37. The number of piperazine rings is 1. The molecule has 1 heterocycles. The largest absolute Gasteiger partial charge is 0.478 e. The molecule has 1 N–H and O–H groups in total. The summed E-state index contributed by atoms with van der Waals surface area (Å²) >= 11 is 0. The van der Waals surface area contributed by atoms with E-state index in [9.17, 15) is 9.90 Å². The third-order valence-electron chi connectivity index (χ3n) is 6.39. The monoisotopic (exact) mass is 414 g/mol. The maximum absolute atomic E-state index is 11.5. The summed E-state index contributed by atoms with van der Waals surface area (Å²) in [5, 5.41) is 9.41. The van der Waals surface area contributed by atoms with Crippen LogP contribution in [0.5, 0.6) is 0 Å². The Balaban J connectivity index is 1.39. The number of nitrogens with zero attached hydrogens (tertiary/aromatic N) is 2. The Morgan fingerprint density at radius 3 is 1.97 bits per heavy atom. The van der Waals surface area contributed by atoms with E-state index in [4.69, 9.17) is 0 Å². The number of hydrogen-bond donors (Lipinski definition) is 1. The first kappa shape index (κ1) is 21.1.